The Hall–Kier alpha value is -6.50. The second-order valence-corrected chi connectivity index (χ2v) is 13.3. The fourth-order valence-corrected chi connectivity index (χ4v) is 8.09. The summed E-state index contributed by atoms with van der Waals surface area (Å²) in [5.41, 5.74) is 9.96. The molecule has 0 aromatic heterocycles. The van der Waals surface area contributed by atoms with Gasteiger partial charge in [0, 0.05) is 0 Å². The summed E-state index contributed by atoms with van der Waals surface area (Å²) in [6, 6.07) is 71.3. The molecule has 0 spiro atoms. The van der Waals surface area contributed by atoms with E-state index in [2.05, 4.69) is 194 Å². The Bertz CT molecular complexity index is 2850. The van der Waals surface area contributed by atoms with Crippen LogP contribution in [0.3, 0.4) is 0 Å². The van der Waals surface area contributed by atoms with Gasteiger partial charge in [0.15, 0.2) is 0 Å². The lowest BCUT2D eigenvalue weighted by atomic mass is 9.85. The highest BCUT2D eigenvalue weighted by Gasteiger charge is 2.17. The summed E-state index contributed by atoms with van der Waals surface area (Å²) < 4.78 is 0. The molecule has 0 atom stereocenters. The summed E-state index contributed by atoms with van der Waals surface area (Å²) in [6.45, 7) is 0. The quantitative estimate of drug-likeness (QED) is 0.134. The van der Waals surface area contributed by atoms with Crippen LogP contribution in [0.1, 0.15) is 0 Å². The van der Waals surface area contributed by atoms with Gasteiger partial charge in [0.1, 0.15) is 0 Å². The highest BCUT2D eigenvalue weighted by atomic mass is 14.2. The Morgan fingerprint density at radius 2 is 0.700 bits per heavy atom. The molecule has 0 heteroatoms. The highest BCUT2D eigenvalue weighted by molar-refractivity contribution is 6.22. The molecule has 0 unspecified atom stereocenters. The van der Waals surface area contributed by atoms with E-state index < -0.39 is 0 Å². The van der Waals surface area contributed by atoms with Crippen LogP contribution in [-0.4, -0.2) is 0 Å². The van der Waals surface area contributed by atoms with Crippen LogP contribution in [-0.2, 0) is 0 Å². The minimum absolute atomic E-state index is 1.22. The van der Waals surface area contributed by atoms with E-state index in [9.17, 15) is 0 Å². The molecule has 232 valence electrons. The van der Waals surface area contributed by atoms with Crippen LogP contribution < -0.4 is 0 Å². The lowest BCUT2D eigenvalue weighted by Crippen LogP contribution is -1.91. The molecule has 0 saturated heterocycles. The van der Waals surface area contributed by atoms with Crippen LogP contribution >= 0.6 is 0 Å². The van der Waals surface area contributed by atoms with Gasteiger partial charge < -0.3 is 0 Å². The predicted octanol–water partition coefficient (Wildman–Crippen LogP) is 14.1. The molecular formula is C50H32. The van der Waals surface area contributed by atoms with Crippen molar-refractivity contribution < 1.29 is 0 Å². The zero-order valence-electron chi connectivity index (χ0n) is 27.5. The zero-order valence-corrected chi connectivity index (χ0v) is 27.5. The van der Waals surface area contributed by atoms with Crippen molar-refractivity contribution in [3.05, 3.63) is 194 Å². The zero-order chi connectivity index (χ0) is 33.0. The molecule has 0 heterocycles. The van der Waals surface area contributed by atoms with Gasteiger partial charge in [-0.1, -0.05) is 182 Å². The van der Waals surface area contributed by atoms with Crippen molar-refractivity contribution in [2.24, 2.45) is 0 Å². The average molecular weight is 633 g/mol. The fraction of sp³-hybridized carbons (Fsp3) is 0. The van der Waals surface area contributed by atoms with Crippen molar-refractivity contribution in [3.63, 3.8) is 0 Å². The molecular weight excluding hydrogens is 601 g/mol. The maximum absolute atomic E-state index is 2.39. The molecule has 0 saturated carbocycles. The third-order valence-corrected chi connectivity index (χ3v) is 10.4. The van der Waals surface area contributed by atoms with Crippen molar-refractivity contribution in [3.8, 4) is 44.5 Å². The Morgan fingerprint density at radius 3 is 1.42 bits per heavy atom. The van der Waals surface area contributed by atoms with Crippen LogP contribution in [0.2, 0.25) is 0 Å². The molecule has 0 bridgehead atoms. The number of fused-ring (bicyclic) bond motifs is 6. The smallest absolute Gasteiger partial charge is 0.00262 e. The number of hydrogen-bond donors (Lipinski definition) is 0. The topological polar surface area (TPSA) is 0 Å². The molecule has 0 aliphatic heterocycles. The third kappa shape index (κ3) is 4.61. The molecule has 0 fully saturated rings. The first kappa shape index (κ1) is 28.5. The predicted molar refractivity (Wildman–Crippen MR) is 216 cm³/mol. The van der Waals surface area contributed by atoms with E-state index in [1.165, 1.54) is 98.4 Å². The van der Waals surface area contributed by atoms with Gasteiger partial charge in [-0.15, -0.1) is 0 Å². The van der Waals surface area contributed by atoms with Gasteiger partial charge in [-0.25, -0.2) is 0 Å². The molecule has 0 nitrogen and oxygen atoms in total. The number of benzene rings is 10. The summed E-state index contributed by atoms with van der Waals surface area (Å²) >= 11 is 0. The van der Waals surface area contributed by atoms with Gasteiger partial charge in [-0.3, -0.25) is 0 Å². The summed E-state index contributed by atoms with van der Waals surface area (Å²) in [5.74, 6) is 0. The molecule has 0 amide bonds. The lowest BCUT2D eigenvalue weighted by molar-refractivity contribution is 1.62. The summed E-state index contributed by atoms with van der Waals surface area (Å²) in [7, 11) is 0. The van der Waals surface area contributed by atoms with Crippen LogP contribution in [0.25, 0.3) is 98.4 Å². The summed E-state index contributed by atoms with van der Waals surface area (Å²) in [6.07, 6.45) is 0. The summed E-state index contributed by atoms with van der Waals surface area (Å²) in [4.78, 5) is 0. The van der Waals surface area contributed by atoms with Crippen LogP contribution in [0.5, 0.6) is 0 Å². The van der Waals surface area contributed by atoms with E-state index in [0.717, 1.165) is 0 Å². The van der Waals surface area contributed by atoms with Gasteiger partial charge in [0.05, 0.1) is 0 Å². The largest absolute Gasteiger partial charge is 0.0616 e. The minimum atomic E-state index is 1.22. The van der Waals surface area contributed by atoms with Gasteiger partial charge in [0.25, 0.3) is 0 Å². The fourth-order valence-electron chi connectivity index (χ4n) is 8.09. The Morgan fingerprint density at radius 1 is 0.220 bits per heavy atom. The molecule has 0 aliphatic rings. The van der Waals surface area contributed by atoms with Crippen LogP contribution in [0, 0.1) is 0 Å². The highest BCUT2D eigenvalue weighted by Crippen LogP contribution is 2.45. The van der Waals surface area contributed by atoms with Gasteiger partial charge in [-0.05, 0) is 111 Å². The Balaban J connectivity index is 1.15. The number of rotatable bonds is 4. The Labute approximate surface area is 291 Å². The normalized spacial score (nSPS) is 11.6. The lowest BCUT2D eigenvalue weighted by Gasteiger charge is -2.18. The maximum Gasteiger partial charge on any atom is -0.00262 e. The van der Waals surface area contributed by atoms with Crippen LogP contribution in [0.4, 0.5) is 0 Å². The van der Waals surface area contributed by atoms with Gasteiger partial charge in [0.2, 0.25) is 0 Å². The van der Waals surface area contributed by atoms with Crippen molar-refractivity contribution in [1.29, 1.82) is 0 Å². The van der Waals surface area contributed by atoms with Crippen molar-refractivity contribution in [1.82, 2.24) is 0 Å². The van der Waals surface area contributed by atoms with E-state index in [1.54, 1.807) is 0 Å². The van der Waals surface area contributed by atoms with Crippen molar-refractivity contribution in [2.75, 3.05) is 0 Å². The average Bonchev–Trinajstić information content (AvgIpc) is 3.19. The SMILES string of the molecule is c1cc(-c2c3ccccc3c(-c3ccc(-c4ccc5ccccc5c4)cc3)c3ccccc23)cc(-c2cccc3ccc4ccccc4c23)c1. The molecule has 50 heavy (non-hydrogen) atoms. The monoisotopic (exact) mass is 632 g/mol. The summed E-state index contributed by atoms with van der Waals surface area (Å²) in [5, 5.41) is 12.7. The van der Waals surface area contributed by atoms with E-state index in [1.807, 2.05) is 0 Å². The van der Waals surface area contributed by atoms with E-state index in [0.29, 0.717) is 0 Å². The van der Waals surface area contributed by atoms with E-state index >= 15 is 0 Å². The molecule has 0 N–H and O–H groups in total. The molecule has 0 radical (unpaired) electrons. The number of hydrogen-bond acceptors (Lipinski definition) is 0. The third-order valence-electron chi connectivity index (χ3n) is 10.4. The first-order chi connectivity index (χ1) is 24.8. The second kappa shape index (κ2) is 11.6. The molecule has 10 aromatic carbocycles. The second-order valence-electron chi connectivity index (χ2n) is 13.3. The van der Waals surface area contributed by atoms with Gasteiger partial charge >= 0.3 is 0 Å². The van der Waals surface area contributed by atoms with E-state index in [-0.39, 0.29) is 0 Å². The minimum Gasteiger partial charge on any atom is -0.0616 e. The van der Waals surface area contributed by atoms with Crippen LogP contribution in [0.15, 0.2) is 194 Å². The molecule has 10 aromatic rings. The first-order valence-electron chi connectivity index (χ1n) is 17.3. The first-order valence-corrected chi connectivity index (χ1v) is 17.3. The Kier molecular flexibility index (Phi) is 6.60. The van der Waals surface area contributed by atoms with E-state index in [4.69, 9.17) is 0 Å². The van der Waals surface area contributed by atoms with Gasteiger partial charge in [-0.2, -0.15) is 0 Å². The maximum atomic E-state index is 2.39. The standard InChI is InChI=1S/C50H32/c1-2-13-38-31-39(30-25-33(38)11-1)34-23-27-37(28-24-34)49-44-18-5-7-20-46(44)50(47-21-8-6-19-45(47)49)41-16-9-15-40(32-41)43-22-10-14-36-29-26-35-12-3-4-17-42(35)48(36)43/h1-32H. The molecule has 10 rings (SSSR count). The van der Waals surface area contributed by atoms with Crippen molar-refractivity contribution >= 4 is 53.9 Å². The van der Waals surface area contributed by atoms with Crippen molar-refractivity contribution in [2.45, 2.75) is 0 Å². The molecule has 0 aliphatic carbocycles.